The van der Waals surface area contributed by atoms with Gasteiger partial charge in [-0.05, 0) is 92.2 Å². The van der Waals surface area contributed by atoms with E-state index in [0.29, 0.717) is 13.2 Å². The van der Waals surface area contributed by atoms with Crippen molar-refractivity contribution in [3.63, 3.8) is 0 Å². The van der Waals surface area contributed by atoms with Gasteiger partial charge in [-0.25, -0.2) is 0 Å². The molecule has 6 aromatic rings. The van der Waals surface area contributed by atoms with Crippen LogP contribution in [0, 0.1) is 5.92 Å². The van der Waals surface area contributed by atoms with Crippen molar-refractivity contribution in [2.45, 2.75) is 44.4 Å². The van der Waals surface area contributed by atoms with Gasteiger partial charge in [-0.15, -0.1) is 0 Å². The fraction of sp³-hybridized carbons (Fsp3) is 0.238. The van der Waals surface area contributed by atoms with Crippen molar-refractivity contribution < 1.29 is 9.47 Å². The summed E-state index contributed by atoms with van der Waals surface area (Å²) in [4.78, 5) is 0. The molecule has 2 heteroatoms. The van der Waals surface area contributed by atoms with Crippen molar-refractivity contribution in [3.05, 3.63) is 132 Å². The van der Waals surface area contributed by atoms with Gasteiger partial charge >= 0.3 is 0 Å². The summed E-state index contributed by atoms with van der Waals surface area (Å²) >= 11 is 0. The molecule has 0 spiro atoms. The molecule has 1 unspecified atom stereocenters. The number of benzene rings is 6. The summed E-state index contributed by atoms with van der Waals surface area (Å²) in [5.41, 5.74) is 7.52. The first-order chi connectivity index (χ1) is 21.7. The van der Waals surface area contributed by atoms with Crippen LogP contribution in [0.15, 0.2) is 121 Å². The summed E-state index contributed by atoms with van der Waals surface area (Å²) in [6.07, 6.45) is 5.35. The van der Waals surface area contributed by atoms with E-state index in [-0.39, 0.29) is 5.92 Å². The zero-order valence-corrected chi connectivity index (χ0v) is 25.3. The van der Waals surface area contributed by atoms with E-state index in [2.05, 4.69) is 128 Å². The molecule has 0 saturated heterocycles. The lowest BCUT2D eigenvalue weighted by atomic mass is 9.79. The maximum Gasteiger partial charge on any atom is 0.127 e. The fourth-order valence-corrected chi connectivity index (χ4v) is 7.34. The summed E-state index contributed by atoms with van der Waals surface area (Å²) in [6, 6.07) is 44.1. The second-order valence-corrected chi connectivity index (χ2v) is 12.9. The number of fused-ring (bicyclic) bond motifs is 8. The summed E-state index contributed by atoms with van der Waals surface area (Å²) in [7, 11) is 0. The van der Waals surface area contributed by atoms with Crippen LogP contribution in [-0.4, -0.2) is 13.2 Å². The molecule has 2 nitrogen and oxygen atoms in total. The average Bonchev–Trinajstić information content (AvgIpc) is 3.08. The standard InChI is InChI=1S/C42H38O2/c1-28-10-12-29(13-11-28)30-14-16-31(17-15-30)32-18-20-33(21-19-32)36-26-43-37-24-35-7-3-4-8-38(35)40(25-37)42-39-9-5-2-6-34(39)22-23-41(42)44-27-36/h2-9,14-25,28-29,36H,10-13,26-27H2,1H3. The Morgan fingerprint density at radius 3 is 1.86 bits per heavy atom. The van der Waals surface area contributed by atoms with Gasteiger partial charge in [0.2, 0.25) is 0 Å². The Morgan fingerprint density at radius 1 is 0.523 bits per heavy atom. The number of hydrogen-bond donors (Lipinski definition) is 0. The molecule has 6 aromatic carbocycles. The summed E-state index contributed by atoms with van der Waals surface area (Å²) in [6.45, 7) is 3.48. The first kappa shape index (κ1) is 27.0. The van der Waals surface area contributed by atoms with E-state index >= 15 is 0 Å². The van der Waals surface area contributed by atoms with E-state index in [9.17, 15) is 0 Å². The third kappa shape index (κ3) is 5.13. The zero-order valence-electron chi connectivity index (χ0n) is 25.3. The van der Waals surface area contributed by atoms with Gasteiger partial charge in [-0.3, -0.25) is 0 Å². The van der Waals surface area contributed by atoms with E-state index in [1.165, 1.54) is 69.5 Å². The van der Waals surface area contributed by atoms with E-state index in [1.54, 1.807) is 0 Å². The molecule has 1 saturated carbocycles. The lowest BCUT2D eigenvalue weighted by molar-refractivity contribution is 0.219. The quantitative estimate of drug-likeness (QED) is 0.209. The van der Waals surface area contributed by atoms with Gasteiger partial charge < -0.3 is 9.47 Å². The molecular formula is C42H38O2. The molecule has 2 bridgehead atoms. The van der Waals surface area contributed by atoms with Gasteiger partial charge in [0.05, 0.1) is 19.1 Å². The molecule has 0 N–H and O–H groups in total. The van der Waals surface area contributed by atoms with Gasteiger partial charge in [0.1, 0.15) is 11.5 Å². The Hall–Kier alpha value is -4.56. The number of hydrogen-bond acceptors (Lipinski definition) is 2. The molecule has 0 amide bonds. The second kappa shape index (κ2) is 11.5. The molecule has 1 fully saturated rings. The topological polar surface area (TPSA) is 18.5 Å². The second-order valence-electron chi connectivity index (χ2n) is 12.9. The molecule has 1 heterocycles. The van der Waals surface area contributed by atoms with Crippen LogP contribution < -0.4 is 9.47 Å². The van der Waals surface area contributed by atoms with Crippen LogP contribution in [0.1, 0.15) is 55.6 Å². The van der Waals surface area contributed by atoms with Gasteiger partial charge in [0.15, 0.2) is 0 Å². The third-order valence-electron chi connectivity index (χ3n) is 10.0. The molecular weight excluding hydrogens is 536 g/mol. The monoisotopic (exact) mass is 574 g/mol. The van der Waals surface area contributed by atoms with Crippen molar-refractivity contribution in [3.8, 4) is 33.8 Å². The maximum absolute atomic E-state index is 6.70. The lowest BCUT2D eigenvalue weighted by Gasteiger charge is -2.26. The molecule has 1 aliphatic heterocycles. The third-order valence-corrected chi connectivity index (χ3v) is 10.0. The van der Waals surface area contributed by atoms with Crippen LogP contribution in [-0.2, 0) is 0 Å². The Morgan fingerprint density at radius 2 is 1.14 bits per heavy atom. The first-order valence-electron chi connectivity index (χ1n) is 16.2. The highest BCUT2D eigenvalue weighted by molar-refractivity contribution is 6.08. The van der Waals surface area contributed by atoms with Gasteiger partial charge in [0.25, 0.3) is 0 Å². The van der Waals surface area contributed by atoms with Crippen molar-refractivity contribution in [2.24, 2.45) is 5.92 Å². The molecule has 2 aliphatic rings. The number of rotatable bonds is 3. The molecule has 8 rings (SSSR count). The Kier molecular flexibility index (Phi) is 7.06. The lowest BCUT2D eigenvalue weighted by Crippen LogP contribution is -2.19. The molecule has 0 radical (unpaired) electrons. The Labute approximate surface area is 260 Å². The minimum absolute atomic E-state index is 0.0902. The normalized spacial score (nSPS) is 20.0. The van der Waals surface area contributed by atoms with Crippen LogP contribution in [0.5, 0.6) is 11.5 Å². The van der Waals surface area contributed by atoms with Gasteiger partial charge in [0, 0.05) is 5.56 Å². The highest BCUT2D eigenvalue weighted by Gasteiger charge is 2.22. The Balaban J connectivity index is 1.10. The van der Waals surface area contributed by atoms with Crippen molar-refractivity contribution in [1.82, 2.24) is 0 Å². The molecule has 44 heavy (non-hydrogen) atoms. The predicted octanol–water partition coefficient (Wildman–Crippen LogP) is 11.2. The van der Waals surface area contributed by atoms with Crippen LogP contribution >= 0.6 is 0 Å². The van der Waals surface area contributed by atoms with E-state index in [0.717, 1.165) is 34.5 Å². The molecule has 0 aromatic heterocycles. The van der Waals surface area contributed by atoms with Crippen molar-refractivity contribution in [1.29, 1.82) is 0 Å². The Bertz CT molecular complexity index is 1930. The smallest absolute Gasteiger partial charge is 0.127 e. The highest BCUT2D eigenvalue weighted by Crippen LogP contribution is 2.43. The first-order valence-corrected chi connectivity index (χ1v) is 16.2. The van der Waals surface area contributed by atoms with Crippen LogP contribution in [0.3, 0.4) is 0 Å². The van der Waals surface area contributed by atoms with Crippen molar-refractivity contribution in [2.75, 3.05) is 13.2 Å². The van der Waals surface area contributed by atoms with E-state index in [1.807, 2.05) is 0 Å². The minimum Gasteiger partial charge on any atom is -0.493 e. The van der Waals surface area contributed by atoms with Crippen LogP contribution in [0.4, 0.5) is 0 Å². The summed E-state index contributed by atoms with van der Waals surface area (Å²) in [5, 5.41) is 4.77. The summed E-state index contributed by atoms with van der Waals surface area (Å²) < 4.78 is 13.2. The molecule has 218 valence electrons. The molecule has 1 atom stereocenters. The van der Waals surface area contributed by atoms with E-state index < -0.39 is 0 Å². The average molecular weight is 575 g/mol. The SMILES string of the molecule is CC1CCC(c2ccc(-c3ccc(C4COc5cc(c6ccccc6c5)-c5c(ccc6ccccc56)OC4)cc3)cc2)CC1. The maximum atomic E-state index is 6.70. The van der Waals surface area contributed by atoms with Gasteiger partial charge in [-0.1, -0.05) is 123 Å². The van der Waals surface area contributed by atoms with Gasteiger partial charge in [-0.2, -0.15) is 0 Å². The minimum atomic E-state index is 0.0902. The fourth-order valence-electron chi connectivity index (χ4n) is 7.34. The molecule has 1 aliphatic carbocycles. The highest BCUT2D eigenvalue weighted by atomic mass is 16.5. The summed E-state index contributed by atoms with van der Waals surface area (Å²) in [5.74, 6) is 3.51. The largest absolute Gasteiger partial charge is 0.493 e. The van der Waals surface area contributed by atoms with Crippen LogP contribution in [0.25, 0.3) is 43.8 Å². The zero-order chi connectivity index (χ0) is 29.5. The van der Waals surface area contributed by atoms with Crippen molar-refractivity contribution >= 4 is 21.5 Å². The van der Waals surface area contributed by atoms with E-state index in [4.69, 9.17) is 9.47 Å². The number of ether oxygens (including phenoxy) is 2. The predicted molar refractivity (Wildman–Crippen MR) is 183 cm³/mol. The van der Waals surface area contributed by atoms with Crippen LogP contribution in [0.2, 0.25) is 0 Å².